The van der Waals surface area contributed by atoms with Gasteiger partial charge in [0.25, 0.3) is 0 Å². The van der Waals surface area contributed by atoms with E-state index in [1.807, 2.05) is 24.3 Å². The minimum Gasteiger partial charge on any atom is -0.455 e. The van der Waals surface area contributed by atoms with Gasteiger partial charge in [-0.2, -0.15) is 0 Å². The lowest BCUT2D eigenvalue weighted by molar-refractivity contribution is 0.670. The molecule has 0 aliphatic rings. The Morgan fingerprint density at radius 3 is 1.81 bits per heavy atom. The van der Waals surface area contributed by atoms with Gasteiger partial charge in [0.1, 0.15) is 17.0 Å². The summed E-state index contributed by atoms with van der Waals surface area (Å²) in [6.07, 6.45) is 0. The van der Waals surface area contributed by atoms with Gasteiger partial charge in [-0.05, 0) is 95.6 Å². The van der Waals surface area contributed by atoms with Crippen LogP contribution < -0.4 is 0 Å². The number of benzene rings is 8. The molecule has 3 aromatic heterocycles. The fraction of sp³-hybridized carbons (Fsp3) is 0. The summed E-state index contributed by atoms with van der Waals surface area (Å²) < 4.78 is 11.1. The van der Waals surface area contributed by atoms with Crippen molar-refractivity contribution in [2.24, 2.45) is 0 Å². The summed E-state index contributed by atoms with van der Waals surface area (Å²) in [4.78, 5) is 5.11. The van der Waals surface area contributed by atoms with Crippen LogP contribution in [0.2, 0.25) is 0 Å². The monoisotopic (exact) mass is 677 g/mol. The third-order valence-electron chi connectivity index (χ3n) is 10.5. The first-order valence-electron chi connectivity index (χ1n) is 18.0. The van der Waals surface area contributed by atoms with E-state index >= 15 is 0 Å². The summed E-state index contributed by atoms with van der Waals surface area (Å²) in [5, 5.41) is 4.67. The van der Waals surface area contributed by atoms with Crippen LogP contribution in [0.25, 0.3) is 99.8 Å². The quantitative estimate of drug-likeness (QED) is 0.182. The van der Waals surface area contributed by atoms with E-state index in [1.165, 1.54) is 21.9 Å². The molecular weight excluding hydrogens is 647 g/mol. The molecule has 0 bridgehead atoms. The Bertz CT molecular complexity index is 3150. The zero-order valence-electron chi connectivity index (χ0n) is 28.6. The van der Waals surface area contributed by atoms with Gasteiger partial charge in [-0.25, -0.2) is 4.98 Å². The average molecular weight is 678 g/mol. The molecule has 53 heavy (non-hydrogen) atoms. The van der Waals surface area contributed by atoms with E-state index < -0.39 is 0 Å². The van der Waals surface area contributed by atoms with E-state index in [0.29, 0.717) is 0 Å². The molecule has 0 fully saturated rings. The molecule has 11 rings (SSSR count). The average Bonchev–Trinajstić information content (AvgIpc) is 3.91. The van der Waals surface area contributed by atoms with E-state index in [9.17, 15) is 0 Å². The maximum absolute atomic E-state index is 6.48. The van der Waals surface area contributed by atoms with Crippen LogP contribution in [0.4, 0.5) is 0 Å². The van der Waals surface area contributed by atoms with Crippen molar-refractivity contribution < 1.29 is 4.42 Å². The standard InChI is InChI=1S/C49H31N3O/c1-3-12-32(13-4-1)34-24-28-44-41(30-34)42-31-35(38-17-11-18-40-39-16-7-10-21-47(39)53-48(38)40)25-29-45(42)51(44)37-26-22-33(23-27-37)49-50-43-19-8-9-20-46(43)52(49)36-14-5-2-6-15-36/h1-31H. The lowest BCUT2D eigenvalue weighted by Gasteiger charge is -2.12. The number of hydrogen-bond donors (Lipinski definition) is 0. The predicted molar refractivity (Wildman–Crippen MR) is 219 cm³/mol. The van der Waals surface area contributed by atoms with Crippen LogP contribution in [-0.4, -0.2) is 14.1 Å². The Kier molecular flexibility index (Phi) is 6.52. The molecule has 0 unspecified atom stereocenters. The lowest BCUT2D eigenvalue weighted by atomic mass is 9.99. The molecule has 0 aliphatic carbocycles. The van der Waals surface area contributed by atoms with E-state index in [-0.39, 0.29) is 0 Å². The highest BCUT2D eigenvalue weighted by molar-refractivity contribution is 6.14. The molecule has 3 heterocycles. The molecule has 0 aliphatic heterocycles. The number of rotatable bonds is 5. The Labute approximate surface area is 305 Å². The first-order valence-corrected chi connectivity index (χ1v) is 18.0. The van der Waals surface area contributed by atoms with E-state index in [1.54, 1.807) is 0 Å². The smallest absolute Gasteiger partial charge is 0.145 e. The molecule has 248 valence electrons. The first-order chi connectivity index (χ1) is 26.3. The maximum atomic E-state index is 6.48. The van der Waals surface area contributed by atoms with Crippen molar-refractivity contribution in [1.29, 1.82) is 0 Å². The van der Waals surface area contributed by atoms with Gasteiger partial charge in [-0.1, -0.05) is 109 Å². The second-order valence-electron chi connectivity index (χ2n) is 13.6. The van der Waals surface area contributed by atoms with Gasteiger partial charge in [0, 0.05) is 44.0 Å². The molecule has 4 nitrogen and oxygen atoms in total. The number of fused-ring (bicyclic) bond motifs is 7. The van der Waals surface area contributed by atoms with Crippen LogP contribution in [0.1, 0.15) is 0 Å². The van der Waals surface area contributed by atoms with E-state index in [0.717, 1.165) is 77.9 Å². The second kappa shape index (κ2) is 11.7. The van der Waals surface area contributed by atoms with E-state index in [4.69, 9.17) is 9.40 Å². The zero-order valence-corrected chi connectivity index (χ0v) is 28.6. The number of furan rings is 1. The van der Waals surface area contributed by atoms with Crippen LogP contribution in [-0.2, 0) is 0 Å². The van der Waals surface area contributed by atoms with Crippen molar-refractivity contribution in [3.05, 3.63) is 188 Å². The normalized spacial score (nSPS) is 11.8. The van der Waals surface area contributed by atoms with Crippen molar-refractivity contribution in [2.45, 2.75) is 0 Å². The SMILES string of the molecule is c1ccc(-c2ccc3c(c2)c2cc(-c4cccc5c4oc4ccccc45)ccc2n3-c2ccc(-c3nc4ccccc4n3-c3ccccc3)cc2)cc1. The van der Waals surface area contributed by atoms with E-state index in [2.05, 4.69) is 173 Å². The van der Waals surface area contributed by atoms with Gasteiger partial charge in [0.15, 0.2) is 0 Å². The first kappa shape index (κ1) is 29.5. The Morgan fingerprint density at radius 2 is 1.00 bits per heavy atom. The summed E-state index contributed by atoms with van der Waals surface area (Å²) in [7, 11) is 0. The number of imidazole rings is 1. The fourth-order valence-electron chi connectivity index (χ4n) is 8.07. The van der Waals surface area contributed by atoms with Crippen molar-refractivity contribution in [3.8, 4) is 45.0 Å². The maximum Gasteiger partial charge on any atom is 0.145 e. The molecular formula is C49H31N3O. The highest BCUT2D eigenvalue weighted by Gasteiger charge is 2.19. The summed E-state index contributed by atoms with van der Waals surface area (Å²) in [6.45, 7) is 0. The molecule has 11 aromatic rings. The van der Waals surface area contributed by atoms with Crippen LogP contribution in [0.5, 0.6) is 0 Å². The topological polar surface area (TPSA) is 35.9 Å². The summed E-state index contributed by atoms with van der Waals surface area (Å²) in [5.41, 5.74) is 14.0. The van der Waals surface area contributed by atoms with Crippen LogP contribution >= 0.6 is 0 Å². The second-order valence-corrected chi connectivity index (χ2v) is 13.6. The summed E-state index contributed by atoms with van der Waals surface area (Å²) in [5.74, 6) is 0.920. The Morgan fingerprint density at radius 1 is 0.377 bits per heavy atom. The molecule has 0 saturated heterocycles. The summed E-state index contributed by atoms with van der Waals surface area (Å²) in [6, 6.07) is 66.7. The highest BCUT2D eigenvalue weighted by Crippen LogP contribution is 2.41. The highest BCUT2D eigenvalue weighted by atomic mass is 16.3. The number of para-hydroxylation sites is 5. The minimum atomic E-state index is 0.905. The largest absolute Gasteiger partial charge is 0.455 e. The molecule has 8 aromatic carbocycles. The van der Waals surface area contributed by atoms with Gasteiger partial charge in [-0.15, -0.1) is 0 Å². The third kappa shape index (κ3) is 4.66. The fourth-order valence-corrected chi connectivity index (χ4v) is 8.07. The van der Waals surface area contributed by atoms with Crippen molar-refractivity contribution >= 4 is 54.8 Å². The van der Waals surface area contributed by atoms with Crippen LogP contribution in [0.15, 0.2) is 192 Å². The number of hydrogen-bond acceptors (Lipinski definition) is 2. The van der Waals surface area contributed by atoms with Gasteiger partial charge in [-0.3, -0.25) is 4.57 Å². The zero-order chi connectivity index (χ0) is 34.9. The Hall–Kier alpha value is -7.17. The van der Waals surface area contributed by atoms with Crippen LogP contribution in [0, 0.1) is 0 Å². The van der Waals surface area contributed by atoms with Gasteiger partial charge in [0.05, 0.1) is 22.1 Å². The van der Waals surface area contributed by atoms with Crippen molar-refractivity contribution in [3.63, 3.8) is 0 Å². The Balaban J connectivity index is 1.10. The molecule has 0 N–H and O–H groups in total. The summed E-state index contributed by atoms with van der Waals surface area (Å²) >= 11 is 0. The minimum absolute atomic E-state index is 0.905. The van der Waals surface area contributed by atoms with Gasteiger partial charge in [0.2, 0.25) is 0 Å². The molecule has 0 atom stereocenters. The molecule has 0 saturated carbocycles. The molecule has 0 amide bonds. The molecule has 0 spiro atoms. The number of aromatic nitrogens is 3. The predicted octanol–water partition coefficient (Wildman–Crippen LogP) is 13.0. The van der Waals surface area contributed by atoms with Gasteiger partial charge < -0.3 is 8.98 Å². The third-order valence-corrected chi connectivity index (χ3v) is 10.5. The molecule has 4 heteroatoms. The van der Waals surface area contributed by atoms with Crippen molar-refractivity contribution in [2.75, 3.05) is 0 Å². The molecule has 0 radical (unpaired) electrons. The van der Waals surface area contributed by atoms with Crippen molar-refractivity contribution in [1.82, 2.24) is 14.1 Å². The number of nitrogens with zero attached hydrogens (tertiary/aromatic N) is 3. The van der Waals surface area contributed by atoms with Gasteiger partial charge >= 0.3 is 0 Å². The lowest BCUT2D eigenvalue weighted by Crippen LogP contribution is -1.98. The van der Waals surface area contributed by atoms with Crippen LogP contribution in [0.3, 0.4) is 0 Å².